The smallest absolute Gasteiger partial charge is 0.336 e. The van der Waals surface area contributed by atoms with E-state index in [1.807, 2.05) is 0 Å². The van der Waals surface area contributed by atoms with Gasteiger partial charge >= 0.3 is 11.6 Å². The van der Waals surface area contributed by atoms with Crippen molar-refractivity contribution in [1.29, 1.82) is 0 Å². The molecule has 3 rings (SSSR count). The number of aliphatic hydroxyl groups is 1. The molecule has 132 valence electrons. The molecule has 6 nitrogen and oxygen atoms in total. The summed E-state index contributed by atoms with van der Waals surface area (Å²) in [6.45, 7) is 6.74. The van der Waals surface area contributed by atoms with Gasteiger partial charge in [0.25, 0.3) is 0 Å². The van der Waals surface area contributed by atoms with E-state index in [0.717, 1.165) is 0 Å². The highest BCUT2D eigenvalue weighted by Gasteiger charge is 2.47. The molecule has 0 aliphatic carbocycles. The van der Waals surface area contributed by atoms with Gasteiger partial charge in [0.15, 0.2) is 6.10 Å². The Kier molecular flexibility index (Phi) is 4.16. The number of aliphatic hydroxyl groups excluding tert-OH is 1. The number of hydrogen-bond acceptors (Lipinski definition) is 6. The van der Waals surface area contributed by atoms with E-state index < -0.39 is 29.4 Å². The third kappa shape index (κ3) is 2.93. The summed E-state index contributed by atoms with van der Waals surface area (Å²) in [4.78, 5) is 23.7. The molecule has 0 radical (unpaired) electrons. The van der Waals surface area contributed by atoms with Crippen molar-refractivity contribution in [2.75, 3.05) is 0 Å². The SMILES string of the molecule is CC=C(C)C(=O)OC(C)(C)[C@H]1Oc2ccc3ccc(=O)oc3c2[C@H]1O. The standard InChI is InChI=1S/C19H20O6/c1-5-10(2)18(22)25-19(3,4)17-15(21)14-12(23-17)8-6-11-7-9-13(20)24-16(11)14/h5-9,15,17,21H,1-4H3/t15-,17+/m1/s1. The van der Waals surface area contributed by atoms with E-state index in [0.29, 0.717) is 22.3 Å². The maximum absolute atomic E-state index is 12.1. The minimum atomic E-state index is -1.10. The number of fused-ring (bicyclic) bond motifs is 3. The van der Waals surface area contributed by atoms with Gasteiger partial charge in [0.1, 0.15) is 23.0 Å². The fourth-order valence-corrected chi connectivity index (χ4v) is 2.89. The van der Waals surface area contributed by atoms with Crippen molar-refractivity contribution in [3.63, 3.8) is 0 Å². The Hall–Kier alpha value is -2.60. The van der Waals surface area contributed by atoms with E-state index in [-0.39, 0.29) is 5.58 Å². The second-order valence-electron chi connectivity index (χ2n) is 6.60. The summed E-state index contributed by atoms with van der Waals surface area (Å²) in [5, 5.41) is 11.5. The summed E-state index contributed by atoms with van der Waals surface area (Å²) in [6.07, 6.45) is -0.272. The molecule has 25 heavy (non-hydrogen) atoms. The molecule has 2 aromatic rings. The second-order valence-corrected chi connectivity index (χ2v) is 6.60. The Balaban J connectivity index is 1.98. The van der Waals surface area contributed by atoms with E-state index in [4.69, 9.17) is 13.9 Å². The third-order valence-electron chi connectivity index (χ3n) is 4.42. The highest BCUT2D eigenvalue weighted by Crippen LogP contribution is 2.45. The summed E-state index contributed by atoms with van der Waals surface area (Å²) >= 11 is 0. The first kappa shape index (κ1) is 17.2. The van der Waals surface area contributed by atoms with Gasteiger partial charge in [-0.1, -0.05) is 6.08 Å². The maximum atomic E-state index is 12.1. The van der Waals surface area contributed by atoms with Crippen molar-refractivity contribution in [2.45, 2.75) is 45.5 Å². The number of rotatable bonds is 3. The molecule has 2 atom stereocenters. The van der Waals surface area contributed by atoms with Crippen LogP contribution in [0, 0.1) is 0 Å². The van der Waals surface area contributed by atoms with Crippen LogP contribution in [-0.4, -0.2) is 22.8 Å². The van der Waals surface area contributed by atoms with Gasteiger partial charge in [-0.25, -0.2) is 9.59 Å². The Morgan fingerprint density at radius 2 is 1.96 bits per heavy atom. The second kappa shape index (κ2) is 6.04. The normalized spacial score (nSPS) is 20.3. The average molecular weight is 344 g/mol. The highest BCUT2D eigenvalue weighted by molar-refractivity contribution is 5.88. The number of carbonyl (C=O) groups is 1. The summed E-state index contributed by atoms with van der Waals surface area (Å²) < 4.78 is 16.6. The predicted molar refractivity (Wildman–Crippen MR) is 91.5 cm³/mol. The minimum absolute atomic E-state index is 0.284. The lowest BCUT2D eigenvalue weighted by atomic mass is 9.93. The van der Waals surface area contributed by atoms with Gasteiger partial charge in [0.2, 0.25) is 0 Å². The molecular weight excluding hydrogens is 324 g/mol. The maximum Gasteiger partial charge on any atom is 0.336 e. The Morgan fingerprint density at radius 1 is 1.28 bits per heavy atom. The van der Waals surface area contributed by atoms with Crippen molar-refractivity contribution in [2.24, 2.45) is 0 Å². The monoisotopic (exact) mass is 344 g/mol. The highest BCUT2D eigenvalue weighted by atomic mass is 16.6. The molecule has 0 saturated carbocycles. The van der Waals surface area contributed by atoms with Gasteiger partial charge in [0.05, 0.1) is 5.56 Å². The Bertz CT molecular complexity index is 921. The fraction of sp³-hybridized carbons (Fsp3) is 0.368. The predicted octanol–water partition coefficient (Wildman–Crippen LogP) is 2.88. The fourth-order valence-electron chi connectivity index (χ4n) is 2.89. The Morgan fingerprint density at radius 3 is 2.64 bits per heavy atom. The van der Waals surface area contributed by atoms with Gasteiger partial charge < -0.3 is 19.0 Å². The number of hydrogen-bond donors (Lipinski definition) is 1. The van der Waals surface area contributed by atoms with Crippen LogP contribution in [0.3, 0.4) is 0 Å². The molecule has 0 unspecified atom stereocenters. The third-order valence-corrected chi connectivity index (χ3v) is 4.42. The number of benzene rings is 1. The zero-order chi connectivity index (χ0) is 18.4. The van der Waals surface area contributed by atoms with Crippen LogP contribution < -0.4 is 10.4 Å². The average Bonchev–Trinajstić information content (AvgIpc) is 2.91. The van der Waals surface area contributed by atoms with Crippen LogP contribution in [0.2, 0.25) is 0 Å². The molecule has 0 bridgehead atoms. The molecule has 1 aliphatic rings. The van der Waals surface area contributed by atoms with Crippen LogP contribution in [0.4, 0.5) is 0 Å². The largest absolute Gasteiger partial charge is 0.483 e. The summed E-state index contributed by atoms with van der Waals surface area (Å²) in [7, 11) is 0. The van der Waals surface area contributed by atoms with Crippen LogP contribution >= 0.6 is 0 Å². The first-order chi connectivity index (χ1) is 11.7. The van der Waals surface area contributed by atoms with Gasteiger partial charge in [-0.2, -0.15) is 0 Å². The van der Waals surface area contributed by atoms with Crippen molar-refractivity contribution in [3.05, 3.63) is 51.9 Å². The number of allylic oxidation sites excluding steroid dienone is 1. The summed E-state index contributed by atoms with van der Waals surface area (Å²) in [6, 6.07) is 6.40. The lowest BCUT2D eigenvalue weighted by molar-refractivity contribution is -0.165. The van der Waals surface area contributed by atoms with Gasteiger partial charge in [-0.15, -0.1) is 0 Å². The number of carbonyl (C=O) groups excluding carboxylic acids is 1. The molecule has 0 amide bonds. The number of ether oxygens (including phenoxy) is 2. The molecule has 1 aromatic carbocycles. The van der Waals surface area contributed by atoms with Crippen molar-refractivity contribution >= 4 is 16.9 Å². The lowest BCUT2D eigenvalue weighted by Crippen LogP contribution is -2.45. The molecule has 0 fully saturated rings. The molecule has 0 spiro atoms. The van der Waals surface area contributed by atoms with Gasteiger partial charge in [-0.3, -0.25) is 0 Å². The van der Waals surface area contributed by atoms with E-state index in [1.54, 1.807) is 52.0 Å². The van der Waals surface area contributed by atoms with E-state index in [2.05, 4.69) is 0 Å². The topological polar surface area (TPSA) is 86.0 Å². The van der Waals surface area contributed by atoms with Crippen LogP contribution in [0.25, 0.3) is 11.0 Å². The van der Waals surface area contributed by atoms with Crippen LogP contribution in [0.1, 0.15) is 39.4 Å². The number of esters is 1. The first-order valence-electron chi connectivity index (χ1n) is 8.02. The molecule has 2 heterocycles. The van der Waals surface area contributed by atoms with Crippen molar-refractivity contribution < 1.29 is 23.8 Å². The van der Waals surface area contributed by atoms with E-state index in [9.17, 15) is 14.7 Å². The summed E-state index contributed by atoms with van der Waals surface area (Å²) in [5.41, 5.74) is -0.458. The minimum Gasteiger partial charge on any atom is -0.483 e. The molecular formula is C19H20O6. The molecule has 0 saturated heterocycles. The van der Waals surface area contributed by atoms with Crippen LogP contribution in [0.15, 0.2) is 45.1 Å². The quantitative estimate of drug-likeness (QED) is 0.523. The van der Waals surface area contributed by atoms with Gasteiger partial charge in [-0.05, 0) is 45.9 Å². The van der Waals surface area contributed by atoms with E-state index in [1.165, 1.54) is 6.07 Å². The molecule has 1 aromatic heterocycles. The molecule has 1 N–H and O–H groups in total. The Labute approximate surface area is 144 Å². The molecule has 6 heteroatoms. The lowest BCUT2D eigenvalue weighted by Gasteiger charge is -2.32. The van der Waals surface area contributed by atoms with Gasteiger partial charge in [0, 0.05) is 17.0 Å². The van der Waals surface area contributed by atoms with Crippen LogP contribution in [0.5, 0.6) is 5.75 Å². The van der Waals surface area contributed by atoms with Crippen molar-refractivity contribution in [3.8, 4) is 5.75 Å². The molecule has 1 aliphatic heterocycles. The zero-order valence-electron chi connectivity index (χ0n) is 14.5. The first-order valence-corrected chi connectivity index (χ1v) is 8.02. The summed E-state index contributed by atoms with van der Waals surface area (Å²) in [5.74, 6) is -0.0677. The van der Waals surface area contributed by atoms with Crippen molar-refractivity contribution in [1.82, 2.24) is 0 Å². The van der Waals surface area contributed by atoms with Crippen LogP contribution in [-0.2, 0) is 9.53 Å². The van der Waals surface area contributed by atoms with E-state index >= 15 is 0 Å². The zero-order valence-corrected chi connectivity index (χ0v) is 14.5.